The van der Waals surface area contributed by atoms with E-state index in [0.29, 0.717) is 12.2 Å². The Morgan fingerprint density at radius 1 is 1.43 bits per heavy atom. The summed E-state index contributed by atoms with van der Waals surface area (Å²) >= 11 is 0. The molecule has 0 radical (unpaired) electrons. The number of hydrogen-bond donors (Lipinski definition) is 3. The van der Waals surface area contributed by atoms with Crippen molar-refractivity contribution in [2.75, 3.05) is 44.6 Å². The summed E-state index contributed by atoms with van der Waals surface area (Å²) < 4.78 is 0. The SMILES string of the molecule is NC(=O)c1ccc([N+](=O)[O-])c(NCCN2CCNCC2)c1. The lowest BCUT2D eigenvalue weighted by Crippen LogP contribution is -2.45. The Morgan fingerprint density at radius 3 is 2.76 bits per heavy atom. The molecule has 0 bridgehead atoms. The van der Waals surface area contributed by atoms with Crippen molar-refractivity contribution in [1.82, 2.24) is 10.2 Å². The fourth-order valence-corrected chi connectivity index (χ4v) is 2.27. The zero-order valence-corrected chi connectivity index (χ0v) is 11.7. The maximum atomic E-state index is 11.2. The van der Waals surface area contributed by atoms with Gasteiger partial charge < -0.3 is 16.4 Å². The molecule has 1 aliphatic heterocycles. The Balaban J connectivity index is 2.00. The van der Waals surface area contributed by atoms with Crippen LogP contribution in [-0.4, -0.2) is 55.0 Å². The number of nitro benzene ring substituents is 1. The van der Waals surface area contributed by atoms with Crippen molar-refractivity contribution < 1.29 is 9.72 Å². The second kappa shape index (κ2) is 7.00. The highest BCUT2D eigenvalue weighted by Gasteiger charge is 2.16. The van der Waals surface area contributed by atoms with Crippen LogP contribution in [-0.2, 0) is 0 Å². The first-order chi connectivity index (χ1) is 10.1. The molecule has 1 saturated heterocycles. The first-order valence-electron chi connectivity index (χ1n) is 6.83. The molecule has 0 aromatic heterocycles. The van der Waals surface area contributed by atoms with Gasteiger partial charge in [-0.25, -0.2) is 0 Å². The van der Waals surface area contributed by atoms with Crippen molar-refractivity contribution in [1.29, 1.82) is 0 Å². The maximum absolute atomic E-state index is 11.2. The number of nitrogens with two attached hydrogens (primary N) is 1. The van der Waals surface area contributed by atoms with E-state index in [1.807, 2.05) is 0 Å². The highest BCUT2D eigenvalue weighted by atomic mass is 16.6. The molecule has 0 atom stereocenters. The van der Waals surface area contributed by atoms with E-state index < -0.39 is 10.8 Å². The minimum absolute atomic E-state index is 0.0553. The van der Waals surface area contributed by atoms with Crippen molar-refractivity contribution in [3.8, 4) is 0 Å². The molecule has 8 nitrogen and oxygen atoms in total. The average molecular weight is 293 g/mol. The van der Waals surface area contributed by atoms with Gasteiger partial charge in [0.1, 0.15) is 5.69 Å². The van der Waals surface area contributed by atoms with Crippen LogP contribution in [0.4, 0.5) is 11.4 Å². The second-order valence-electron chi connectivity index (χ2n) is 4.87. The number of nitrogens with one attached hydrogen (secondary N) is 2. The number of nitro groups is 1. The summed E-state index contributed by atoms with van der Waals surface area (Å²) in [5, 5.41) is 17.3. The topological polar surface area (TPSA) is 114 Å². The van der Waals surface area contributed by atoms with E-state index in [2.05, 4.69) is 15.5 Å². The van der Waals surface area contributed by atoms with Gasteiger partial charge in [0.25, 0.3) is 5.69 Å². The van der Waals surface area contributed by atoms with Crippen molar-refractivity contribution in [2.45, 2.75) is 0 Å². The van der Waals surface area contributed by atoms with Gasteiger partial charge in [0.05, 0.1) is 4.92 Å². The molecule has 1 heterocycles. The number of amides is 1. The summed E-state index contributed by atoms with van der Waals surface area (Å²) in [5.74, 6) is -0.602. The van der Waals surface area contributed by atoms with E-state index in [-0.39, 0.29) is 11.3 Å². The predicted molar refractivity (Wildman–Crippen MR) is 79.4 cm³/mol. The van der Waals surface area contributed by atoms with Crippen molar-refractivity contribution in [3.05, 3.63) is 33.9 Å². The number of nitrogens with zero attached hydrogens (tertiary/aromatic N) is 2. The Hall–Kier alpha value is -2.19. The Kier molecular flexibility index (Phi) is 5.07. The van der Waals surface area contributed by atoms with E-state index in [4.69, 9.17) is 5.73 Å². The number of hydrogen-bond acceptors (Lipinski definition) is 6. The molecule has 4 N–H and O–H groups in total. The van der Waals surface area contributed by atoms with Crippen LogP contribution in [0.15, 0.2) is 18.2 Å². The average Bonchev–Trinajstić information content (AvgIpc) is 2.48. The lowest BCUT2D eigenvalue weighted by molar-refractivity contribution is -0.384. The van der Waals surface area contributed by atoms with Gasteiger partial charge >= 0.3 is 0 Å². The summed E-state index contributed by atoms with van der Waals surface area (Å²) in [4.78, 5) is 24.0. The largest absolute Gasteiger partial charge is 0.378 e. The molecule has 1 amide bonds. The summed E-state index contributed by atoms with van der Waals surface area (Å²) in [7, 11) is 0. The highest BCUT2D eigenvalue weighted by molar-refractivity contribution is 5.94. The van der Waals surface area contributed by atoms with Crippen LogP contribution in [0.2, 0.25) is 0 Å². The van der Waals surface area contributed by atoms with Crippen LogP contribution in [0.3, 0.4) is 0 Å². The fraction of sp³-hybridized carbons (Fsp3) is 0.462. The van der Waals surface area contributed by atoms with E-state index in [9.17, 15) is 14.9 Å². The van der Waals surface area contributed by atoms with Gasteiger partial charge in [-0.3, -0.25) is 19.8 Å². The summed E-state index contributed by atoms with van der Waals surface area (Å²) in [6.45, 7) is 5.20. The zero-order valence-electron chi connectivity index (χ0n) is 11.7. The number of primary amides is 1. The molecule has 114 valence electrons. The third-order valence-corrected chi connectivity index (χ3v) is 3.43. The Morgan fingerprint density at radius 2 is 2.14 bits per heavy atom. The lowest BCUT2D eigenvalue weighted by atomic mass is 10.1. The second-order valence-corrected chi connectivity index (χ2v) is 4.87. The van der Waals surface area contributed by atoms with E-state index in [1.54, 1.807) is 0 Å². The van der Waals surface area contributed by atoms with Crippen LogP contribution in [0.1, 0.15) is 10.4 Å². The fourth-order valence-electron chi connectivity index (χ4n) is 2.27. The van der Waals surface area contributed by atoms with E-state index in [1.165, 1.54) is 18.2 Å². The Bertz CT molecular complexity index is 529. The van der Waals surface area contributed by atoms with Crippen LogP contribution in [0.5, 0.6) is 0 Å². The van der Waals surface area contributed by atoms with Crippen molar-refractivity contribution in [3.63, 3.8) is 0 Å². The number of benzene rings is 1. The van der Waals surface area contributed by atoms with Gasteiger partial charge in [-0.15, -0.1) is 0 Å². The minimum atomic E-state index is -0.602. The van der Waals surface area contributed by atoms with E-state index >= 15 is 0 Å². The molecule has 1 aromatic rings. The first kappa shape index (κ1) is 15.2. The molecule has 0 aliphatic carbocycles. The maximum Gasteiger partial charge on any atom is 0.292 e. The smallest absolute Gasteiger partial charge is 0.292 e. The van der Waals surface area contributed by atoms with Crippen LogP contribution >= 0.6 is 0 Å². The molecule has 8 heteroatoms. The van der Waals surface area contributed by atoms with Crippen molar-refractivity contribution in [2.24, 2.45) is 5.73 Å². The monoisotopic (exact) mass is 293 g/mol. The molecular weight excluding hydrogens is 274 g/mol. The van der Waals surface area contributed by atoms with Crippen molar-refractivity contribution >= 4 is 17.3 Å². The number of rotatable bonds is 6. The van der Waals surface area contributed by atoms with Gasteiger partial charge in [-0.1, -0.05) is 0 Å². The number of anilines is 1. The third kappa shape index (κ3) is 4.14. The summed E-state index contributed by atoms with van der Waals surface area (Å²) in [6.07, 6.45) is 0. The zero-order chi connectivity index (χ0) is 15.2. The number of carbonyl (C=O) groups excluding carboxylic acids is 1. The molecule has 0 unspecified atom stereocenters. The first-order valence-corrected chi connectivity index (χ1v) is 6.83. The Labute approximate surface area is 122 Å². The van der Waals surface area contributed by atoms with Gasteiger partial charge in [-0.05, 0) is 12.1 Å². The molecule has 21 heavy (non-hydrogen) atoms. The van der Waals surface area contributed by atoms with E-state index in [0.717, 1.165) is 32.7 Å². The summed E-state index contributed by atoms with van der Waals surface area (Å²) in [6, 6.07) is 4.09. The molecule has 0 spiro atoms. The predicted octanol–water partition coefficient (Wildman–Crippen LogP) is 0.0108. The lowest BCUT2D eigenvalue weighted by Gasteiger charge is -2.27. The highest BCUT2D eigenvalue weighted by Crippen LogP contribution is 2.25. The molecule has 2 rings (SSSR count). The summed E-state index contributed by atoms with van der Waals surface area (Å²) in [5.41, 5.74) is 5.73. The normalized spacial score (nSPS) is 15.6. The molecular formula is C13H19N5O3. The number of piperazine rings is 1. The molecule has 1 fully saturated rings. The van der Waals surface area contributed by atoms with Gasteiger partial charge in [-0.2, -0.15) is 0 Å². The molecule has 1 aromatic carbocycles. The van der Waals surface area contributed by atoms with Crippen LogP contribution < -0.4 is 16.4 Å². The quantitative estimate of drug-likeness (QED) is 0.503. The number of carbonyl (C=O) groups is 1. The third-order valence-electron chi connectivity index (χ3n) is 3.43. The minimum Gasteiger partial charge on any atom is -0.378 e. The van der Waals surface area contributed by atoms with Gasteiger partial charge in [0.15, 0.2) is 0 Å². The van der Waals surface area contributed by atoms with Gasteiger partial charge in [0, 0.05) is 50.9 Å². The standard InChI is InChI=1S/C13H19N5O3/c14-13(19)10-1-2-12(18(20)21)11(9-10)16-5-8-17-6-3-15-4-7-17/h1-2,9,15-16H,3-8H2,(H2,14,19). The molecule has 0 saturated carbocycles. The van der Waals surface area contributed by atoms with Crippen LogP contribution in [0.25, 0.3) is 0 Å². The molecule has 1 aliphatic rings. The van der Waals surface area contributed by atoms with Crippen LogP contribution in [0, 0.1) is 10.1 Å². The van der Waals surface area contributed by atoms with Gasteiger partial charge in [0.2, 0.25) is 5.91 Å².